The first-order valence-corrected chi connectivity index (χ1v) is 7.64. The van der Waals surface area contributed by atoms with Gasteiger partial charge in [-0.05, 0) is 37.5 Å². The molecule has 1 aliphatic rings. The predicted molar refractivity (Wildman–Crippen MR) is 84.6 cm³/mol. The first kappa shape index (κ1) is 14.4. The summed E-state index contributed by atoms with van der Waals surface area (Å²) in [6.07, 6.45) is 4.46. The van der Waals surface area contributed by atoms with Gasteiger partial charge < -0.3 is 10.1 Å². The lowest BCUT2D eigenvalue weighted by Gasteiger charge is -2.12. The second kappa shape index (κ2) is 6.46. The molecule has 1 N–H and O–H groups in total. The fourth-order valence-corrected chi connectivity index (χ4v) is 2.24. The number of halogens is 1. The van der Waals surface area contributed by atoms with Gasteiger partial charge in [-0.15, -0.1) is 0 Å². The van der Waals surface area contributed by atoms with Gasteiger partial charge in [0.15, 0.2) is 0 Å². The van der Waals surface area contributed by atoms with Crippen LogP contribution >= 0.6 is 11.6 Å². The van der Waals surface area contributed by atoms with Gasteiger partial charge in [-0.3, -0.25) is 4.98 Å². The molecular formula is C17H19ClN2O. The van der Waals surface area contributed by atoms with Crippen LogP contribution in [0.5, 0.6) is 5.75 Å². The number of nitrogens with zero attached hydrogens (tertiary/aromatic N) is 1. The molecule has 0 atom stereocenters. The summed E-state index contributed by atoms with van der Waals surface area (Å²) in [6.45, 7) is 3.33. The second-order valence-corrected chi connectivity index (χ2v) is 5.94. The van der Waals surface area contributed by atoms with Crippen LogP contribution in [0.2, 0.25) is 5.02 Å². The minimum absolute atomic E-state index is 0.539. The van der Waals surface area contributed by atoms with E-state index in [2.05, 4.69) is 10.3 Å². The quantitative estimate of drug-likeness (QED) is 0.879. The van der Waals surface area contributed by atoms with Gasteiger partial charge in [0, 0.05) is 41.1 Å². The molecule has 0 amide bonds. The number of hydrogen-bond donors (Lipinski definition) is 1. The Bertz CT molecular complexity index is 609. The molecule has 4 heteroatoms. The molecule has 1 saturated carbocycles. The Hall–Kier alpha value is -1.58. The molecule has 0 spiro atoms. The summed E-state index contributed by atoms with van der Waals surface area (Å²) in [6, 6.07) is 10.4. The van der Waals surface area contributed by atoms with Crippen LogP contribution < -0.4 is 10.1 Å². The summed E-state index contributed by atoms with van der Waals surface area (Å²) in [5, 5.41) is 4.24. The molecule has 3 rings (SSSR count). The van der Waals surface area contributed by atoms with Crippen molar-refractivity contribution in [2.45, 2.75) is 39.0 Å². The highest BCUT2D eigenvalue weighted by atomic mass is 35.5. The first-order chi connectivity index (χ1) is 10.2. The van der Waals surface area contributed by atoms with E-state index in [-0.39, 0.29) is 0 Å². The van der Waals surface area contributed by atoms with Crippen molar-refractivity contribution in [1.29, 1.82) is 0 Å². The third-order valence-corrected chi connectivity index (χ3v) is 3.80. The standard InChI is InChI=1S/C17H19ClN2O/c1-12-8-17(14(9-19-12)10-20-16-6-7-16)21-11-13-2-4-15(18)5-3-13/h2-5,8-9,16,20H,6-7,10-11H2,1H3. The second-order valence-electron chi connectivity index (χ2n) is 5.50. The van der Waals surface area contributed by atoms with E-state index in [9.17, 15) is 0 Å². The topological polar surface area (TPSA) is 34.1 Å². The summed E-state index contributed by atoms with van der Waals surface area (Å²) in [5.41, 5.74) is 3.19. The van der Waals surface area contributed by atoms with Crippen LogP contribution in [0.25, 0.3) is 0 Å². The third kappa shape index (κ3) is 4.19. The third-order valence-electron chi connectivity index (χ3n) is 3.55. The van der Waals surface area contributed by atoms with Crippen LogP contribution in [-0.4, -0.2) is 11.0 Å². The minimum atomic E-state index is 0.539. The summed E-state index contributed by atoms with van der Waals surface area (Å²) in [7, 11) is 0. The average molecular weight is 303 g/mol. The Balaban J connectivity index is 1.67. The van der Waals surface area contributed by atoms with E-state index in [1.165, 1.54) is 12.8 Å². The molecule has 0 aliphatic heterocycles. The zero-order valence-electron chi connectivity index (χ0n) is 12.1. The highest BCUT2D eigenvalue weighted by Crippen LogP contribution is 2.23. The molecule has 1 aromatic heterocycles. The van der Waals surface area contributed by atoms with E-state index in [4.69, 9.17) is 16.3 Å². The fraction of sp³-hybridized carbons (Fsp3) is 0.353. The molecule has 0 saturated heterocycles. The number of aryl methyl sites for hydroxylation is 1. The number of benzene rings is 1. The molecule has 1 aliphatic carbocycles. The molecule has 0 bridgehead atoms. The first-order valence-electron chi connectivity index (χ1n) is 7.27. The lowest BCUT2D eigenvalue weighted by atomic mass is 10.2. The van der Waals surface area contributed by atoms with Crippen LogP contribution in [-0.2, 0) is 13.2 Å². The molecule has 2 aromatic rings. The van der Waals surface area contributed by atoms with Crippen molar-refractivity contribution in [3.05, 3.63) is 58.4 Å². The summed E-state index contributed by atoms with van der Waals surface area (Å²) in [5.74, 6) is 0.908. The smallest absolute Gasteiger partial charge is 0.127 e. The van der Waals surface area contributed by atoms with Crippen molar-refractivity contribution in [3.8, 4) is 5.75 Å². The lowest BCUT2D eigenvalue weighted by molar-refractivity contribution is 0.301. The molecule has 1 heterocycles. The van der Waals surface area contributed by atoms with Crippen LogP contribution in [0, 0.1) is 6.92 Å². The van der Waals surface area contributed by atoms with Gasteiger partial charge in [-0.1, -0.05) is 23.7 Å². The normalized spacial score (nSPS) is 14.2. The summed E-state index contributed by atoms with van der Waals surface area (Å²) in [4.78, 5) is 4.37. The van der Waals surface area contributed by atoms with Crippen LogP contribution in [0.15, 0.2) is 36.5 Å². The molecule has 21 heavy (non-hydrogen) atoms. The van der Waals surface area contributed by atoms with E-state index in [0.29, 0.717) is 12.6 Å². The van der Waals surface area contributed by atoms with Crippen LogP contribution in [0.4, 0.5) is 0 Å². The summed E-state index contributed by atoms with van der Waals surface area (Å²) >= 11 is 5.89. The molecule has 1 aromatic carbocycles. The van der Waals surface area contributed by atoms with Gasteiger partial charge in [0.25, 0.3) is 0 Å². The highest BCUT2D eigenvalue weighted by molar-refractivity contribution is 6.30. The van der Waals surface area contributed by atoms with Gasteiger partial charge in [0.05, 0.1) is 0 Å². The Labute approximate surface area is 130 Å². The Morgan fingerprint density at radius 1 is 1.29 bits per heavy atom. The highest BCUT2D eigenvalue weighted by Gasteiger charge is 2.20. The van der Waals surface area contributed by atoms with Gasteiger partial charge in [0.1, 0.15) is 12.4 Å². The SMILES string of the molecule is Cc1cc(OCc2ccc(Cl)cc2)c(CNC2CC2)cn1. The van der Waals surface area contributed by atoms with E-state index in [0.717, 1.165) is 34.1 Å². The van der Waals surface area contributed by atoms with E-state index in [1.807, 2.05) is 43.5 Å². The van der Waals surface area contributed by atoms with Gasteiger partial charge in [0.2, 0.25) is 0 Å². The molecule has 1 fully saturated rings. The Morgan fingerprint density at radius 2 is 2.05 bits per heavy atom. The van der Waals surface area contributed by atoms with Crippen molar-refractivity contribution in [2.75, 3.05) is 0 Å². The molecule has 0 unspecified atom stereocenters. The maximum absolute atomic E-state index is 5.97. The molecular weight excluding hydrogens is 284 g/mol. The fourth-order valence-electron chi connectivity index (χ4n) is 2.11. The largest absolute Gasteiger partial charge is 0.488 e. The molecule has 3 nitrogen and oxygen atoms in total. The lowest BCUT2D eigenvalue weighted by Crippen LogP contribution is -2.16. The van der Waals surface area contributed by atoms with E-state index in [1.54, 1.807) is 0 Å². The number of nitrogens with one attached hydrogen (secondary N) is 1. The van der Waals surface area contributed by atoms with Crippen LogP contribution in [0.3, 0.4) is 0 Å². The zero-order chi connectivity index (χ0) is 14.7. The van der Waals surface area contributed by atoms with Crippen molar-refractivity contribution < 1.29 is 4.74 Å². The average Bonchev–Trinajstić information content (AvgIpc) is 3.30. The van der Waals surface area contributed by atoms with Crippen molar-refractivity contribution in [2.24, 2.45) is 0 Å². The van der Waals surface area contributed by atoms with Crippen LogP contribution in [0.1, 0.15) is 29.7 Å². The minimum Gasteiger partial charge on any atom is -0.488 e. The van der Waals surface area contributed by atoms with Gasteiger partial charge in [-0.25, -0.2) is 0 Å². The van der Waals surface area contributed by atoms with Gasteiger partial charge >= 0.3 is 0 Å². The van der Waals surface area contributed by atoms with E-state index >= 15 is 0 Å². The monoisotopic (exact) mass is 302 g/mol. The number of rotatable bonds is 6. The number of ether oxygens (including phenoxy) is 1. The van der Waals surface area contributed by atoms with Crippen molar-refractivity contribution in [1.82, 2.24) is 10.3 Å². The number of aromatic nitrogens is 1. The number of hydrogen-bond acceptors (Lipinski definition) is 3. The molecule has 0 radical (unpaired) electrons. The molecule has 110 valence electrons. The maximum Gasteiger partial charge on any atom is 0.127 e. The Morgan fingerprint density at radius 3 is 2.76 bits per heavy atom. The van der Waals surface area contributed by atoms with E-state index < -0.39 is 0 Å². The maximum atomic E-state index is 5.97. The Kier molecular flexibility index (Phi) is 4.42. The number of pyridine rings is 1. The van der Waals surface area contributed by atoms with Crippen molar-refractivity contribution in [3.63, 3.8) is 0 Å². The summed E-state index contributed by atoms with van der Waals surface area (Å²) < 4.78 is 5.97. The predicted octanol–water partition coefficient (Wildman–Crippen LogP) is 3.87. The van der Waals surface area contributed by atoms with Crippen molar-refractivity contribution >= 4 is 11.6 Å². The van der Waals surface area contributed by atoms with Gasteiger partial charge in [-0.2, -0.15) is 0 Å². The zero-order valence-corrected chi connectivity index (χ0v) is 12.9.